The first-order valence-corrected chi connectivity index (χ1v) is 3.82. The number of benzene rings is 1. The van der Waals surface area contributed by atoms with Gasteiger partial charge in [-0.1, -0.05) is 28.6 Å². The fourth-order valence-corrected chi connectivity index (χ4v) is 1.45. The van der Waals surface area contributed by atoms with Gasteiger partial charge in [0.2, 0.25) is 0 Å². The Kier molecular flexibility index (Phi) is 2.28. The highest BCUT2D eigenvalue weighted by molar-refractivity contribution is 9.10. The van der Waals surface area contributed by atoms with E-state index in [0.29, 0.717) is 0 Å². The van der Waals surface area contributed by atoms with E-state index in [1.807, 2.05) is 19.1 Å². The van der Waals surface area contributed by atoms with Gasteiger partial charge in [0.1, 0.15) is 0 Å². The SMILES string of the molecule is C=[C]c1cc(C)cc(Br)c1. The van der Waals surface area contributed by atoms with E-state index in [1.54, 1.807) is 0 Å². The van der Waals surface area contributed by atoms with Crippen LogP contribution in [0.5, 0.6) is 0 Å². The Balaban J connectivity index is 3.18. The summed E-state index contributed by atoms with van der Waals surface area (Å²) in [6, 6.07) is 6.08. The quantitative estimate of drug-likeness (QED) is 0.647. The Labute approximate surface area is 69.7 Å². The highest BCUT2D eigenvalue weighted by Gasteiger charge is 1.91. The van der Waals surface area contributed by atoms with Crippen molar-refractivity contribution in [1.82, 2.24) is 0 Å². The number of halogens is 1. The molecule has 0 heterocycles. The lowest BCUT2D eigenvalue weighted by atomic mass is 10.1. The third kappa shape index (κ3) is 1.71. The average Bonchev–Trinajstić information content (AvgIpc) is 1.85. The molecule has 0 saturated carbocycles. The number of hydrogen-bond acceptors (Lipinski definition) is 0. The van der Waals surface area contributed by atoms with Crippen molar-refractivity contribution in [2.45, 2.75) is 6.92 Å². The molecule has 0 nitrogen and oxygen atoms in total. The maximum absolute atomic E-state index is 3.57. The molecule has 0 unspecified atom stereocenters. The second-order valence-electron chi connectivity index (χ2n) is 2.19. The first-order chi connectivity index (χ1) is 4.72. The lowest BCUT2D eigenvalue weighted by Gasteiger charge is -1.96. The summed E-state index contributed by atoms with van der Waals surface area (Å²) >= 11 is 3.39. The van der Waals surface area contributed by atoms with Gasteiger partial charge in [0.05, 0.1) is 0 Å². The monoisotopic (exact) mass is 195 g/mol. The molecular formula is C9H8Br. The summed E-state index contributed by atoms with van der Waals surface area (Å²) in [5.41, 5.74) is 2.26. The van der Waals surface area contributed by atoms with Crippen LogP contribution in [0.15, 0.2) is 29.3 Å². The third-order valence-electron chi connectivity index (χ3n) is 1.25. The molecular weight excluding hydrogens is 188 g/mol. The van der Waals surface area contributed by atoms with Crippen molar-refractivity contribution in [3.05, 3.63) is 46.5 Å². The minimum Gasteiger partial charge on any atom is -0.0906 e. The second kappa shape index (κ2) is 3.02. The van der Waals surface area contributed by atoms with Crippen molar-refractivity contribution in [1.29, 1.82) is 0 Å². The molecule has 0 aliphatic carbocycles. The zero-order chi connectivity index (χ0) is 7.56. The van der Waals surface area contributed by atoms with Crippen LogP contribution in [0.1, 0.15) is 11.1 Å². The molecule has 1 heteroatoms. The first-order valence-electron chi connectivity index (χ1n) is 3.02. The molecule has 0 bridgehead atoms. The topological polar surface area (TPSA) is 0 Å². The third-order valence-corrected chi connectivity index (χ3v) is 1.70. The normalized spacial score (nSPS) is 9.40. The highest BCUT2D eigenvalue weighted by Crippen LogP contribution is 2.14. The molecule has 1 aromatic rings. The predicted molar refractivity (Wildman–Crippen MR) is 46.9 cm³/mol. The molecule has 1 radical (unpaired) electrons. The van der Waals surface area contributed by atoms with Crippen LogP contribution in [-0.2, 0) is 0 Å². The van der Waals surface area contributed by atoms with E-state index in [1.165, 1.54) is 5.56 Å². The fourth-order valence-electron chi connectivity index (χ4n) is 0.838. The van der Waals surface area contributed by atoms with Crippen molar-refractivity contribution < 1.29 is 0 Å². The van der Waals surface area contributed by atoms with E-state index in [4.69, 9.17) is 0 Å². The number of rotatable bonds is 1. The summed E-state index contributed by atoms with van der Waals surface area (Å²) in [7, 11) is 0. The molecule has 1 aromatic carbocycles. The first kappa shape index (κ1) is 7.55. The highest BCUT2D eigenvalue weighted by atomic mass is 79.9. The second-order valence-corrected chi connectivity index (χ2v) is 3.11. The molecule has 51 valence electrons. The van der Waals surface area contributed by atoms with E-state index < -0.39 is 0 Å². The molecule has 1 rings (SSSR count). The van der Waals surface area contributed by atoms with E-state index in [9.17, 15) is 0 Å². The van der Waals surface area contributed by atoms with Gasteiger partial charge in [0.25, 0.3) is 0 Å². The van der Waals surface area contributed by atoms with Gasteiger partial charge in [-0.05, 0) is 36.3 Å². The fraction of sp³-hybridized carbons (Fsp3) is 0.111. The van der Waals surface area contributed by atoms with Gasteiger partial charge in [-0.2, -0.15) is 0 Å². The Bertz CT molecular complexity index is 231. The van der Waals surface area contributed by atoms with Crippen molar-refractivity contribution >= 4 is 15.9 Å². The van der Waals surface area contributed by atoms with Crippen molar-refractivity contribution in [2.24, 2.45) is 0 Å². The maximum atomic E-state index is 3.57. The van der Waals surface area contributed by atoms with Gasteiger partial charge in [-0.3, -0.25) is 0 Å². The molecule has 0 aromatic heterocycles. The lowest BCUT2D eigenvalue weighted by molar-refractivity contribution is 1.41. The van der Waals surface area contributed by atoms with Crippen LogP contribution in [0.4, 0.5) is 0 Å². The summed E-state index contributed by atoms with van der Waals surface area (Å²) in [4.78, 5) is 0. The van der Waals surface area contributed by atoms with Gasteiger partial charge < -0.3 is 0 Å². The zero-order valence-electron chi connectivity index (χ0n) is 5.82. The average molecular weight is 196 g/mol. The largest absolute Gasteiger partial charge is 0.0906 e. The molecule has 0 fully saturated rings. The standard InChI is InChI=1S/C9H8Br/c1-3-8-4-7(2)5-9(10)6-8/h4-6H,1H2,2H3. The smallest absolute Gasteiger partial charge is 0.0184 e. The molecule has 0 N–H and O–H groups in total. The molecule has 0 aliphatic heterocycles. The minimum atomic E-state index is 1.03. The van der Waals surface area contributed by atoms with Gasteiger partial charge in [0, 0.05) is 4.47 Å². The summed E-state index contributed by atoms with van der Waals surface area (Å²) in [5, 5.41) is 0. The molecule has 0 atom stereocenters. The minimum absolute atomic E-state index is 1.03. The van der Waals surface area contributed by atoms with Crippen LogP contribution in [0.3, 0.4) is 0 Å². The van der Waals surface area contributed by atoms with Gasteiger partial charge in [0.15, 0.2) is 0 Å². The molecule has 0 spiro atoms. The van der Waals surface area contributed by atoms with Crippen LogP contribution in [0.2, 0.25) is 0 Å². The number of hydrogen-bond donors (Lipinski definition) is 0. The van der Waals surface area contributed by atoms with E-state index in [2.05, 4.69) is 34.7 Å². The Morgan fingerprint density at radius 3 is 2.60 bits per heavy atom. The van der Waals surface area contributed by atoms with E-state index in [-0.39, 0.29) is 0 Å². The van der Waals surface area contributed by atoms with Crippen LogP contribution in [0.25, 0.3) is 0 Å². The summed E-state index contributed by atoms with van der Waals surface area (Å²) in [5.74, 6) is 0. The predicted octanol–water partition coefficient (Wildman–Crippen LogP) is 3.09. The zero-order valence-corrected chi connectivity index (χ0v) is 7.40. The molecule has 10 heavy (non-hydrogen) atoms. The van der Waals surface area contributed by atoms with Crippen LogP contribution >= 0.6 is 15.9 Å². The summed E-state index contributed by atoms with van der Waals surface area (Å²) in [6.07, 6.45) is 2.83. The van der Waals surface area contributed by atoms with E-state index in [0.717, 1.165) is 10.0 Å². The van der Waals surface area contributed by atoms with Crippen molar-refractivity contribution in [3.8, 4) is 0 Å². The summed E-state index contributed by atoms with van der Waals surface area (Å²) < 4.78 is 1.08. The molecule has 0 amide bonds. The Morgan fingerprint density at radius 2 is 2.10 bits per heavy atom. The number of aryl methyl sites for hydroxylation is 1. The van der Waals surface area contributed by atoms with Crippen LogP contribution in [0, 0.1) is 13.0 Å². The lowest BCUT2D eigenvalue weighted by Crippen LogP contribution is -1.76. The maximum Gasteiger partial charge on any atom is 0.0184 e. The van der Waals surface area contributed by atoms with Gasteiger partial charge >= 0.3 is 0 Å². The Morgan fingerprint density at radius 1 is 1.40 bits per heavy atom. The van der Waals surface area contributed by atoms with E-state index >= 15 is 0 Å². The van der Waals surface area contributed by atoms with Crippen molar-refractivity contribution in [3.63, 3.8) is 0 Å². The van der Waals surface area contributed by atoms with Gasteiger partial charge in [-0.15, -0.1) is 0 Å². The summed E-state index contributed by atoms with van der Waals surface area (Å²) in [6.45, 7) is 5.61. The molecule has 0 aliphatic rings. The van der Waals surface area contributed by atoms with Crippen molar-refractivity contribution in [2.75, 3.05) is 0 Å². The van der Waals surface area contributed by atoms with Gasteiger partial charge in [-0.25, -0.2) is 0 Å². The molecule has 0 saturated heterocycles. The van der Waals surface area contributed by atoms with Crippen LogP contribution in [-0.4, -0.2) is 0 Å². The Hall–Kier alpha value is -0.560. The van der Waals surface area contributed by atoms with Crippen LogP contribution < -0.4 is 0 Å².